The minimum atomic E-state index is -1.32. The lowest BCUT2D eigenvalue weighted by atomic mass is 9.99. The van der Waals surface area contributed by atoms with Crippen molar-refractivity contribution < 1.29 is 14.4 Å². The normalized spacial score (nSPS) is 14.6. The van der Waals surface area contributed by atoms with Gasteiger partial charge in [0.25, 0.3) is 5.91 Å². The Balaban J connectivity index is 1.54. The molecular weight excluding hydrogens is 592 g/mol. The van der Waals surface area contributed by atoms with E-state index in [0.29, 0.717) is 33.2 Å². The molecule has 1 heterocycles. The molecule has 40 heavy (non-hydrogen) atoms. The molecule has 0 aromatic heterocycles. The number of aliphatic imine (C=N–C) groups is 1. The first kappa shape index (κ1) is 27.3. The first-order valence-corrected chi connectivity index (χ1v) is 13.6. The van der Waals surface area contributed by atoms with E-state index in [1.807, 2.05) is 61.5 Å². The summed E-state index contributed by atoms with van der Waals surface area (Å²) in [5.74, 6) is -0.772. The van der Waals surface area contributed by atoms with Crippen LogP contribution in [0.3, 0.4) is 0 Å². The van der Waals surface area contributed by atoms with E-state index in [0.717, 1.165) is 15.6 Å². The highest BCUT2D eigenvalue weighted by Gasteiger charge is 2.34. The zero-order valence-corrected chi connectivity index (χ0v) is 23.7. The van der Waals surface area contributed by atoms with Gasteiger partial charge in [0.05, 0.1) is 28.7 Å². The van der Waals surface area contributed by atoms with Crippen molar-refractivity contribution in [2.75, 3.05) is 16.8 Å². The van der Waals surface area contributed by atoms with E-state index in [9.17, 15) is 14.4 Å². The Morgan fingerprint density at radius 2 is 1.65 bits per heavy atom. The number of nitrogens with one attached hydrogen (secondary N) is 2. The van der Waals surface area contributed by atoms with Crippen molar-refractivity contribution in [3.63, 3.8) is 0 Å². The summed E-state index contributed by atoms with van der Waals surface area (Å²) in [6.45, 7) is 1.63. The molecule has 0 saturated heterocycles. The number of fused-ring (bicyclic) bond motifs is 1. The third-order valence-electron chi connectivity index (χ3n) is 6.45. The number of benzodiazepines with no additional fused rings is 1. The minimum Gasteiger partial charge on any atom is -0.308 e. The lowest BCUT2D eigenvalue weighted by Gasteiger charge is -2.25. The largest absolute Gasteiger partial charge is 0.321 e. The molecule has 1 unspecified atom stereocenters. The number of hydrogen-bond acceptors (Lipinski definition) is 4. The van der Waals surface area contributed by atoms with Crippen molar-refractivity contribution in [1.82, 2.24) is 5.32 Å². The topological polar surface area (TPSA) is 90.9 Å². The van der Waals surface area contributed by atoms with E-state index in [-0.39, 0.29) is 12.3 Å². The molecule has 0 saturated carbocycles. The molecule has 9 heteroatoms. The Morgan fingerprint density at radius 1 is 0.950 bits per heavy atom. The molecule has 200 valence electrons. The van der Waals surface area contributed by atoms with Crippen molar-refractivity contribution in [2.24, 2.45) is 4.99 Å². The van der Waals surface area contributed by atoms with Crippen molar-refractivity contribution in [3.8, 4) is 0 Å². The Bertz CT molecular complexity index is 1640. The van der Waals surface area contributed by atoms with Gasteiger partial charge in [-0.1, -0.05) is 100 Å². The number of halogens is 2. The fourth-order valence-electron chi connectivity index (χ4n) is 4.50. The molecular formula is C31H24BrClN4O3. The maximum absolute atomic E-state index is 14.0. The Labute approximate surface area is 245 Å². The zero-order chi connectivity index (χ0) is 28.2. The maximum Gasteiger partial charge on any atom is 0.321 e. The molecule has 5 rings (SSSR count). The van der Waals surface area contributed by atoms with Crippen LogP contribution in [-0.2, 0) is 4.79 Å². The molecule has 0 radical (unpaired) electrons. The lowest BCUT2D eigenvalue weighted by molar-refractivity contribution is -0.120. The molecule has 1 atom stereocenters. The molecule has 0 fully saturated rings. The lowest BCUT2D eigenvalue weighted by Crippen LogP contribution is -2.50. The molecule has 4 aromatic rings. The molecule has 4 aromatic carbocycles. The van der Waals surface area contributed by atoms with E-state index < -0.39 is 18.1 Å². The van der Waals surface area contributed by atoms with Crippen LogP contribution in [0.5, 0.6) is 0 Å². The van der Waals surface area contributed by atoms with Crippen LogP contribution in [0.2, 0.25) is 5.02 Å². The van der Waals surface area contributed by atoms with Gasteiger partial charge in [0.2, 0.25) is 6.17 Å². The number of amides is 3. The van der Waals surface area contributed by atoms with E-state index in [4.69, 9.17) is 16.6 Å². The highest BCUT2D eigenvalue weighted by Crippen LogP contribution is 2.29. The van der Waals surface area contributed by atoms with Crippen LogP contribution in [0.1, 0.15) is 27.0 Å². The van der Waals surface area contributed by atoms with E-state index in [1.165, 1.54) is 4.90 Å². The summed E-state index contributed by atoms with van der Waals surface area (Å²) in [6.07, 6.45) is -1.32. The van der Waals surface area contributed by atoms with Gasteiger partial charge in [0.15, 0.2) is 5.78 Å². The van der Waals surface area contributed by atoms with Crippen molar-refractivity contribution >= 4 is 62.3 Å². The van der Waals surface area contributed by atoms with Crippen LogP contribution in [0, 0.1) is 6.92 Å². The fourth-order valence-corrected chi connectivity index (χ4v) is 5.22. The zero-order valence-electron chi connectivity index (χ0n) is 21.4. The smallest absolute Gasteiger partial charge is 0.308 e. The van der Waals surface area contributed by atoms with Gasteiger partial charge in [-0.25, -0.2) is 9.79 Å². The third-order valence-corrected chi connectivity index (χ3v) is 7.26. The number of ketones is 1. The quantitative estimate of drug-likeness (QED) is 0.239. The standard InChI is InChI=1S/C31H24BrClN4O3/c1-19-9-5-6-12-22(19)27(38)18-37-26-14-8-7-13-23(26)28(20-10-3-2-4-11-20)35-29(30(37)39)36-31(40)34-25-16-15-21(32)17-24(25)33/h2-17,29H,18H2,1H3,(H2,34,36,40). The summed E-state index contributed by atoms with van der Waals surface area (Å²) >= 11 is 9.61. The van der Waals surface area contributed by atoms with E-state index in [2.05, 4.69) is 26.6 Å². The van der Waals surface area contributed by atoms with Gasteiger partial charge >= 0.3 is 6.03 Å². The molecule has 0 bridgehead atoms. The van der Waals surface area contributed by atoms with E-state index in [1.54, 1.807) is 42.5 Å². The summed E-state index contributed by atoms with van der Waals surface area (Å²) in [5, 5.41) is 5.68. The molecule has 2 N–H and O–H groups in total. The summed E-state index contributed by atoms with van der Waals surface area (Å²) in [6, 6.07) is 28.3. The third kappa shape index (κ3) is 5.83. The predicted molar refractivity (Wildman–Crippen MR) is 161 cm³/mol. The fraction of sp³-hybridized carbons (Fsp3) is 0.0968. The van der Waals surface area contributed by atoms with Crippen LogP contribution >= 0.6 is 27.5 Å². The number of nitrogens with zero attached hydrogens (tertiary/aromatic N) is 2. The molecule has 7 nitrogen and oxygen atoms in total. The van der Waals surface area contributed by atoms with E-state index >= 15 is 0 Å². The van der Waals surface area contributed by atoms with Crippen molar-refractivity contribution in [1.29, 1.82) is 0 Å². The second-order valence-electron chi connectivity index (χ2n) is 9.15. The highest BCUT2D eigenvalue weighted by atomic mass is 79.9. The van der Waals surface area contributed by atoms with Gasteiger partial charge in [-0.15, -0.1) is 0 Å². The number of hydrogen-bond donors (Lipinski definition) is 2. The monoisotopic (exact) mass is 614 g/mol. The van der Waals surface area contributed by atoms with Crippen LogP contribution in [0.4, 0.5) is 16.2 Å². The number of carbonyl (C=O) groups is 3. The maximum atomic E-state index is 14.0. The molecule has 0 aliphatic carbocycles. The predicted octanol–water partition coefficient (Wildman–Crippen LogP) is 6.63. The van der Waals surface area contributed by atoms with Gasteiger partial charge in [-0.05, 0) is 36.8 Å². The number of urea groups is 1. The molecule has 1 aliphatic rings. The van der Waals surface area contributed by atoms with Gasteiger partial charge in [0.1, 0.15) is 0 Å². The minimum absolute atomic E-state index is 0.226. The highest BCUT2D eigenvalue weighted by molar-refractivity contribution is 9.10. The van der Waals surface area contributed by atoms with Crippen LogP contribution < -0.4 is 15.5 Å². The number of para-hydroxylation sites is 1. The molecule has 3 amide bonds. The first-order chi connectivity index (χ1) is 19.3. The summed E-state index contributed by atoms with van der Waals surface area (Å²) in [4.78, 5) is 46.7. The average molecular weight is 616 g/mol. The number of anilines is 2. The number of aryl methyl sites for hydroxylation is 1. The SMILES string of the molecule is Cc1ccccc1C(=O)CN1C(=O)C(NC(=O)Nc2ccc(Br)cc2Cl)N=C(c2ccccc2)c2ccccc21. The van der Waals surface area contributed by atoms with Crippen molar-refractivity contribution in [2.45, 2.75) is 13.1 Å². The molecule has 1 aliphatic heterocycles. The first-order valence-electron chi connectivity index (χ1n) is 12.5. The van der Waals surface area contributed by atoms with Gasteiger partial charge < -0.3 is 15.5 Å². The number of Topliss-reactive ketones (excluding diaryl/α,β-unsaturated/α-hetero) is 1. The second kappa shape index (κ2) is 11.9. The number of benzene rings is 4. The summed E-state index contributed by atoms with van der Waals surface area (Å²) in [7, 11) is 0. The Hall–Kier alpha value is -4.27. The Kier molecular flexibility index (Phi) is 8.09. The number of rotatable bonds is 6. The van der Waals surface area contributed by atoms with Gasteiger partial charge in [0, 0.05) is 21.2 Å². The summed E-state index contributed by atoms with van der Waals surface area (Å²) in [5.41, 5.74) is 4.17. The molecule has 0 spiro atoms. The Morgan fingerprint density at radius 3 is 2.40 bits per heavy atom. The number of carbonyl (C=O) groups excluding carboxylic acids is 3. The van der Waals surface area contributed by atoms with Crippen molar-refractivity contribution in [3.05, 3.63) is 129 Å². The average Bonchev–Trinajstić information content (AvgIpc) is 3.06. The van der Waals surface area contributed by atoms with Crippen LogP contribution in [0.25, 0.3) is 0 Å². The summed E-state index contributed by atoms with van der Waals surface area (Å²) < 4.78 is 0.756. The van der Waals surface area contributed by atoms with Gasteiger partial charge in [-0.2, -0.15) is 0 Å². The van der Waals surface area contributed by atoms with Crippen LogP contribution in [0.15, 0.2) is 107 Å². The second-order valence-corrected chi connectivity index (χ2v) is 10.5. The van der Waals surface area contributed by atoms with Gasteiger partial charge in [-0.3, -0.25) is 9.59 Å². The van der Waals surface area contributed by atoms with Crippen LogP contribution in [-0.4, -0.2) is 36.1 Å².